The van der Waals surface area contributed by atoms with Crippen LogP contribution in [0.5, 0.6) is 0 Å². The molecule has 0 spiro atoms. The van der Waals surface area contributed by atoms with Gasteiger partial charge >= 0.3 is 0 Å². The molecule has 1 aromatic carbocycles. The van der Waals surface area contributed by atoms with E-state index in [1.54, 1.807) is 6.07 Å². The lowest BCUT2D eigenvalue weighted by Gasteiger charge is -2.31. The van der Waals surface area contributed by atoms with Crippen molar-refractivity contribution in [3.63, 3.8) is 0 Å². The Morgan fingerprint density at radius 3 is 2.95 bits per heavy atom. The summed E-state index contributed by atoms with van der Waals surface area (Å²) in [4.78, 5) is 4.35. The van der Waals surface area contributed by atoms with Gasteiger partial charge in [0.1, 0.15) is 5.82 Å². The molecule has 102 valence electrons. The maximum Gasteiger partial charge on any atom is 0.201 e. The third-order valence-electron chi connectivity index (χ3n) is 4.09. The number of aromatic nitrogens is 2. The monoisotopic (exact) mass is 375 g/mol. The third kappa shape index (κ3) is 1.84. The number of benzene rings is 1. The van der Waals surface area contributed by atoms with Crippen LogP contribution < -0.4 is 5.73 Å². The molecule has 2 heterocycles. The Morgan fingerprint density at radius 1 is 1.58 bits per heavy atom. The number of rotatable bonds is 1. The lowest BCUT2D eigenvalue weighted by molar-refractivity contribution is 0.0783. The Labute approximate surface area is 124 Å². The fourth-order valence-electron chi connectivity index (χ4n) is 2.75. The summed E-state index contributed by atoms with van der Waals surface area (Å²) in [5.74, 6) is 0.167. The number of ether oxygens (including phenoxy) is 1. The fraction of sp³-hybridized carbons (Fsp3) is 0.462. The van der Waals surface area contributed by atoms with Crippen molar-refractivity contribution in [3.05, 3.63) is 21.5 Å². The van der Waals surface area contributed by atoms with E-state index in [2.05, 4.69) is 11.9 Å². The summed E-state index contributed by atoms with van der Waals surface area (Å²) in [6.45, 7) is 4.78. The van der Waals surface area contributed by atoms with Crippen molar-refractivity contribution in [1.82, 2.24) is 9.55 Å². The molecule has 0 saturated carbocycles. The molecule has 1 aliphatic heterocycles. The number of nitrogen functional groups attached to an aromatic ring is 1. The van der Waals surface area contributed by atoms with E-state index in [4.69, 9.17) is 10.5 Å². The molecule has 1 fully saturated rings. The predicted octanol–water partition coefficient (Wildman–Crippen LogP) is 2.89. The zero-order valence-corrected chi connectivity index (χ0v) is 12.9. The molecule has 4 nitrogen and oxygen atoms in total. The summed E-state index contributed by atoms with van der Waals surface area (Å²) in [6.07, 6.45) is 0.867. The van der Waals surface area contributed by atoms with Gasteiger partial charge in [-0.3, -0.25) is 0 Å². The zero-order valence-electron chi connectivity index (χ0n) is 10.8. The first-order valence-corrected chi connectivity index (χ1v) is 7.26. The van der Waals surface area contributed by atoms with Gasteiger partial charge in [-0.05, 0) is 48.9 Å². The third-order valence-corrected chi connectivity index (χ3v) is 4.91. The summed E-state index contributed by atoms with van der Waals surface area (Å²) in [7, 11) is 0. The summed E-state index contributed by atoms with van der Waals surface area (Å²) in [5, 5.41) is 0. The molecule has 0 amide bonds. The molecule has 19 heavy (non-hydrogen) atoms. The average molecular weight is 375 g/mol. The minimum atomic E-state index is -0.280. The molecular formula is C13H15FIN3O. The van der Waals surface area contributed by atoms with E-state index in [1.807, 2.05) is 34.1 Å². The normalized spacial score (nSPS) is 27.3. The van der Waals surface area contributed by atoms with Gasteiger partial charge in [-0.25, -0.2) is 9.37 Å². The van der Waals surface area contributed by atoms with E-state index in [1.165, 1.54) is 6.07 Å². The van der Waals surface area contributed by atoms with E-state index in [-0.39, 0.29) is 17.5 Å². The van der Waals surface area contributed by atoms with Gasteiger partial charge in [-0.2, -0.15) is 0 Å². The number of imidazole rings is 1. The van der Waals surface area contributed by atoms with Gasteiger partial charge in [0.25, 0.3) is 0 Å². The number of halogens is 2. The van der Waals surface area contributed by atoms with Crippen molar-refractivity contribution in [2.45, 2.75) is 31.9 Å². The highest BCUT2D eigenvalue weighted by Gasteiger charge is 2.41. The van der Waals surface area contributed by atoms with E-state index in [0.717, 1.165) is 17.5 Å². The number of nitrogens with two attached hydrogens (primary N) is 1. The van der Waals surface area contributed by atoms with Crippen LogP contribution in [-0.4, -0.2) is 22.3 Å². The standard InChI is InChI=1S/C13H15FIN3O/c1-7-13(2,3-4-19-7)18-11-5-8(14)9(15)6-10(11)17-12(18)16/h5-7H,3-4H2,1-2H3,(H2,16,17). The highest BCUT2D eigenvalue weighted by Crippen LogP contribution is 2.38. The first-order valence-electron chi connectivity index (χ1n) is 6.18. The molecule has 2 atom stereocenters. The van der Waals surface area contributed by atoms with Crippen LogP contribution in [0.25, 0.3) is 11.0 Å². The van der Waals surface area contributed by atoms with Gasteiger partial charge in [0, 0.05) is 12.7 Å². The number of hydrogen-bond acceptors (Lipinski definition) is 3. The second-order valence-electron chi connectivity index (χ2n) is 5.18. The highest BCUT2D eigenvalue weighted by atomic mass is 127. The van der Waals surface area contributed by atoms with Crippen molar-refractivity contribution < 1.29 is 9.13 Å². The smallest absolute Gasteiger partial charge is 0.201 e. The number of anilines is 1. The second kappa shape index (κ2) is 4.31. The van der Waals surface area contributed by atoms with Crippen molar-refractivity contribution in [2.75, 3.05) is 12.3 Å². The maximum absolute atomic E-state index is 13.8. The van der Waals surface area contributed by atoms with Crippen LogP contribution in [0.3, 0.4) is 0 Å². The number of hydrogen-bond donors (Lipinski definition) is 1. The van der Waals surface area contributed by atoms with Crippen molar-refractivity contribution in [3.8, 4) is 0 Å². The highest BCUT2D eigenvalue weighted by molar-refractivity contribution is 14.1. The van der Waals surface area contributed by atoms with Crippen molar-refractivity contribution in [1.29, 1.82) is 0 Å². The summed E-state index contributed by atoms with van der Waals surface area (Å²) in [6, 6.07) is 3.23. The summed E-state index contributed by atoms with van der Waals surface area (Å²) in [5.41, 5.74) is 7.23. The molecule has 0 radical (unpaired) electrons. The van der Waals surface area contributed by atoms with E-state index in [0.29, 0.717) is 16.1 Å². The molecule has 1 aromatic heterocycles. The predicted molar refractivity (Wildman–Crippen MR) is 80.5 cm³/mol. The van der Waals surface area contributed by atoms with Crippen LogP contribution in [0.2, 0.25) is 0 Å². The van der Waals surface area contributed by atoms with Crippen molar-refractivity contribution in [2.24, 2.45) is 0 Å². The Hall–Kier alpha value is -0.890. The molecule has 3 rings (SSSR count). The van der Waals surface area contributed by atoms with Gasteiger partial charge in [0.05, 0.1) is 26.2 Å². The van der Waals surface area contributed by atoms with Gasteiger partial charge in [-0.15, -0.1) is 0 Å². The lowest BCUT2D eigenvalue weighted by Crippen LogP contribution is -2.37. The number of fused-ring (bicyclic) bond motifs is 1. The molecule has 1 saturated heterocycles. The van der Waals surface area contributed by atoms with Crippen LogP contribution in [0.4, 0.5) is 10.3 Å². The fourth-order valence-corrected chi connectivity index (χ4v) is 3.20. The largest absolute Gasteiger partial charge is 0.376 e. The topological polar surface area (TPSA) is 53.1 Å². The van der Waals surface area contributed by atoms with Gasteiger partial charge in [0.15, 0.2) is 0 Å². The molecule has 0 aliphatic carbocycles. The first kappa shape index (κ1) is 13.1. The van der Waals surface area contributed by atoms with E-state index >= 15 is 0 Å². The van der Waals surface area contributed by atoms with Gasteiger partial charge in [0.2, 0.25) is 5.95 Å². The quantitative estimate of drug-likeness (QED) is 0.780. The van der Waals surface area contributed by atoms with Crippen LogP contribution in [0.1, 0.15) is 20.3 Å². The Kier molecular flexibility index (Phi) is 2.97. The SMILES string of the molecule is CC1OCCC1(C)n1c(N)nc2cc(I)c(F)cc21. The molecule has 2 N–H and O–H groups in total. The minimum absolute atomic E-state index is 0.0227. The van der Waals surface area contributed by atoms with Crippen LogP contribution >= 0.6 is 22.6 Å². The molecular weight excluding hydrogens is 360 g/mol. The summed E-state index contributed by atoms with van der Waals surface area (Å²) < 4.78 is 21.9. The molecule has 2 unspecified atom stereocenters. The van der Waals surface area contributed by atoms with Crippen molar-refractivity contribution >= 4 is 39.6 Å². The van der Waals surface area contributed by atoms with Crippen LogP contribution in [0, 0.1) is 9.39 Å². The zero-order chi connectivity index (χ0) is 13.8. The van der Waals surface area contributed by atoms with Gasteiger partial charge < -0.3 is 15.0 Å². The maximum atomic E-state index is 13.8. The van der Waals surface area contributed by atoms with Crippen LogP contribution in [0.15, 0.2) is 12.1 Å². The Bertz CT molecular complexity index is 657. The molecule has 2 aromatic rings. The average Bonchev–Trinajstić information content (AvgIpc) is 2.81. The first-order chi connectivity index (χ1) is 8.93. The second-order valence-corrected chi connectivity index (χ2v) is 6.34. The van der Waals surface area contributed by atoms with Crippen LogP contribution in [-0.2, 0) is 10.3 Å². The van der Waals surface area contributed by atoms with Gasteiger partial charge in [-0.1, -0.05) is 0 Å². The summed E-state index contributed by atoms with van der Waals surface area (Å²) >= 11 is 1.96. The molecule has 0 bridgehead atoms. The lowest BCUT2D eigenvalue weighted by atomic mass is 9.94. The molecule has 1 aliphatic rings. The number of nitrogens with zero attached hydrogens (tertiary/aromatic N) is 2. The Balaban J connectivity index is 2.29. The van der Waals surface area contributed by atoms with E-state index in [9.17, 15) is 4.39 Å². The minimum Gasteiger partial charge on any atom is -0.376 e. The Morgan fingerprint density at radius 2 is 2.32 bits per heavy atom. The molecule has 6 heteroatoms. The van der Waals surface area contributed by atoms with E-state index < -0.39 is 0 Å².